The van der Waals surface area contributed by atoms with Gasteiger partial charge in [0.2, 0.25) is 0 Å². The smallest absolute Gasteiger partial charge is 0.382 e. The summed E-state index contributed by atoms with van der Waals surface area (Å²) in [6, 6.07) is 0.968. The number of hydrogen-bond acceptors (Lipinski definition) is 6. The average molecular weight is 457 g/mol. The highest BCUT2D eigenvalue weighted by atomic mass is 35.5. The van der Waals surface area contributed by atoms with Crippen molar-refractivity contribution in [2.45, 2.75) is 38.1 Å². The SMILES string of the molecule is Cc1cc(Cl)n2ncnc(N3CCC(N(C[C@H](O)C(F)(F)F)S(N)(=O)=O)CC3)c12. The molecule has 0 aliphatic carbocycles. The molecule has 9 nitrogen and oxygen atoms in total. The highest BCUT2D eigenvalue weighted by molar-refractivity contribution is 7.86. The highest BCUT2D eigenvalue weighted by Gasteiger charge is 2.43. The molecule has 3 N–H and O–H groups in total. The first kappa shape index (κ1) is 22.0. The molecule has 1 aliphatic rings. The number of piperidine rings is 1. The second kappa shape index (κ2) is 7.87. The van der Waals surface area contributed by atoms with Crippen LogP contribution in [-0.4, -0.2) is 70.4 Å². The predicted octanol–water partition coefficient (Wildman–Crippen LogP) is 1.09. The zero-order valence-corrected chi connectivity index (χ0v) is 16.9. The molecular weight excluding hydrogens is 437 g/mol. The monoisotopic (exact) mass is 456 g/mol. The number of aromatic nitrogens is 3. The van der Waals surface area contributed by atoms with Crippen LogP contribution >= 0.6 is 11.6 Å². The minimum Gasteiger partial charge on any atom is -0.382 e. The van der Waals surface area contributed by atoms with Crippen molar-refractivity contribution in [2.75, 3.05) is 24.5 Å². The van der Waals surface area contributed by atoms with E-state index in [-0.39, 0.29) is 12.8 Å². The molecule has 0 saturated carbocycles. The Balaban J connectivity index is 1.79. The standard InChI is InChI=1S/C15H20ClF3N6O3S/c1-9-6-12(16)25-13(9)14(21-8-22-25)23-4-2-10(3-5-23)24(29(20,27)28)7-11(26)15(17,18)19/h6,8,10-11,26H,2-5,7H2,1H3,(H2,20,27,28)/t11-/m0/s1. The predicted molar refractivity (Wildman–Crippen MR) is 99.8 cm³/mol. The third-order valence-corrected chi connectivity index (χ3v) is 6.28. The number of fused-ring (bicyclic) bond motifs is 1. The van der Waals surface area contributed by atoms with Crippen molar-refractivity contribution in [1.29, 1.82) is 0 Å². The van der Waals surface area contributed by atoms with Crippen LogP contribution in [0.25, 0.3) is 5.52 Å². The number of alkyl halides is 3. The molecule has 2 aromatic rings. The molecule has 1 atom stereocenters. The molecule has 0 spiro atoms. The van der Waals surface area contributed by atoms with Gasteiger partial charge in [0.15, 0.2) is 11.9 Å². The van der Waals surface area contributed by atoms with Gasteiger partial charge in [0, 0.05) is 19.1 Å². The lowest BCUT2D eigenvalue weighted by Gasteiger charge is -2.38. The maximum Gasteiger partial charge on any atom is 0.415 e. The Morgan fingerprint density at radius 3 is 2.59 bits per heavy atom. The van der Waals surface area contributed by atoms with Crippen molar-refractivity contribution in [3.05, 3.63) is 23.1 Å². The number of aliphatic hydroxyl groups is 1. The fourth-order valence-electron chi connectivity index (χ4n) is 3.49. The Hall–Kier alpha value is -1.67. The number of aliphatic hydroxyl groups excluding tert-OH is 1. The number of halogens is 4. The fraction of sp³-hybridized carbons (Fsp3) is 0.600. The van der Waals surface area contributed by atoms with Crippen LogP contribution in [0.4, 0.5) is 19.0 Å². The zero-order chi connectivity index (χ0) is 21.6. The van der Waals surface area contributed by atoms with Crippen LogP contribution < -0.4 is 10.0 Å². The second-order valence-electron chi connectivity index (χ2n) is 6.88. The lowest BCUT2D eigenvalue weighted by molar-refractivity contribution is -0.206. The molecule has 1 aliphatic heterocycles. The van der Waals surface area contributed by atoms with E-state index in [0.717, 1.165) is 5.56 Å². The fourth-order valence-corrected chi connectivity index (χ4v) is 4.76. The normalized spacial score (nSPS) is 18.0. The summed E-state index contributed by atoms with van der Waals surface area (Å²) in [5.41, 5.74) is 1.55. The largest absolute Gasteiger partial charge is 0.415 e. The summed E-state index contributed by atoms with van der Waals surface area (Å²) < 4.78 is 63.8. The first-order valence-electron chi connectivity index (χ1n) is 8.67. The topological polar surface area (TPSA) is 117 Å². The molecule has 3 rings (SSSR count). The molecule has 162 valence electrons. The van der Waals surface area contributed by atoms with E-state index in [1.807, 2.05) is 11.8 Å². The number of rotatable bonds is 5. The van der Waals surface area contributed by atoms with Crippen LogP contribution in [0, 0.1) is 6.92 Å². The van der Waals surface area contributed by atoms with E-state index in [1.54, 1.807) is 6.07 Å². The molecule has 1 fully saturated rings. The van der Waals surface area contributed by atoms with Gasteiger partial charge in [-0.25, -0.2) is 14.6 Å². The van der Waals surface area contributed by atoms with E-state index < -0.39 is 35.1 Å². The van der Waals surface area contributed by atoms with Gasteiger partial charge >= 0.3 is 6.18 Å². The molecule has 0 bridgehead atoms. The number of anilines is 1. The van der Waals surface area contributed by atoms with Crippen molar-refractivity contribution >= 4 is 33.1 Å². The minimum atomic E-state index is -4.94. The maximum atomic E-state index is 12.7. The summed E-state index contributed by atoms with van der Waals surface area (Å²) >= 11 is 6.14. The number of nitrogens with zero attached hydrogens (tertiary/aromatic N) is 5. The molecule has 29 heavy (non-hydrogen) atoms. The van der Waals surface area contributed by atoms with Gasteiger partial charge in [0.1, 0.15) is 17.0 Å². The lowest BCUT2D eigenvalue weighted by atomic mass is 10.0. The Kier molecular flexibility index (Phi) is 5.98. The van der Waals surface area contributed by atoms with Gasteiger partial charge in [0.25, 0.3) is 10.2 Å². The van der Waals surface area contributed by atoms with Crippen LogP contribution in [0.3, 0.4) is 0 Å². The summed E-state index contributed by atoms with van der Waals surface area (Å²) in [6.45, 7) is 1.36. The van der Waals surface area contributed by atoms with E-state index in [9.17, 15) is 26.7 Å². The van der Waals surface area contributed by atoms with Crippen molar-refractivity contribution < 1.29 is 26.7 Å². The van der Waals surface area contributed by atoms with Crippen LogP contribution in [0.15, 0.2) is 12.4 Å². The third kappa shape index (κ3) is 4.58. The van der Waals surface area contributed by atoms with E-state index in [4.69, 9.17) is 16.7 Å². The van der Waals surface area contributed by atoms with Gasteiger partial charge < -0.3 is 10.0 Å². The molecule has 14 heteroatoms. The molecule has 1 saturated heterocycles. The van der Waals surface area contributed by atoms with Gasteiger partial charge in [-0.05, 0) is 31.4 Å². The zero-order valence-electron chi connectivity index (χ0n) is 15.3. The summed E-state index contributed by atoms with van der Waals surface area (Å²) in [5, 5.41) is 18.9. The van der Waals surface area contributed by atoms with Gasteiger partial charge in [-0.3, -0.25) is 0 Å². The van der Waals surface area contributed by atoms with Crippen LogP contribution in [0.1, 0.15) is 18.4 Å². The Morgan fingerprint density at radius 2 is 2.03 bits per heavy atom. The van der Waals surface area contributed by atoms with Crippen molar-refractivity contribution in [1.82, 2.24) is 18.9 Å². The molecule has 0 amide bonds. The average Bonchev–Trinajstić information content (AvgIpc) is 2.92. The summed E-state index contributed by atoms with van der Waals surface area (Å²) in [7, 11) is -4.43. The molecular formula is C15H20ClF3N6O3S. The Labute approximate surface area is 170 Å². The van der Waals surface area contributed by atoms with Gasteiger partial charge in [-0.15, -0.1) is 0 Å². The molecule has 0 unspecified atom stereocenters. The van der Waals surface area contributed by atoms with Crippen LogP contribution in [-0.2, 0) is 10.2 Å². The van der Waals surface area contributed by atoms with E-state index in [1.165, 1.54) is 10.8 Å². The van der Waals surface area contributed by atoms with E-state index >= 15 is 0 Å². The summed E-state index contributed by atoms with van der Waals surface area (Å²) in [4.78, 5) is 6.18. The van der Waals surface area contributed by atoms with E-state index in [0.29, 0.717) is 33.9 Å². The molecule has 0 radical (unpaired) electrons. The summed E-state index contributed by atoms with van der Waals surface area (Å²) in [5.74, 6) is 0.598. The van der Waals surface area contributed by atoms with Crippen LogP contribution in [0.2, 0.25) is 5.15 Å². The quantitative estimate of drug-likeness (QED) is 0.695. The summed E-state index contributed by atoms with van der Waals surface area (Å²) in [6.07, 6.45) is -5.99. The second-order valence-corrected chi connectivity index (χ2v) is 8.77. The van der Waals surface area contributed by atoms with Gasteiger partial charge in [-0.2, -0.15) is 31.0 Å². The van der Waals surface area contributed by atoms with Crippen molar-refractivity contribution in [3.8, 4) is 0 Å². The van der Waals surface area contributed by atoms with Gasteiger partial charge in [-0.1, -0.05) is 11.6 Å². The maximum absolute atomic E-state index is 12.7. The Morgan fingerprint density at radius 1 is 1.41 bits per heavy atom. The van der Waals surface area contributed by atoms with Gasteiger partial charge in [0.05, 0.1) is 6.54 Å². The first-order chi connectivity index (χ1) is 13.4. The highest BCUT2D eigenvalue weighted by Crippen LogP contribution is 2.30. The molecule has 2 aromatic heterocycles. The van der Waals surface area contributed by atoms with E-state index in [2.05, 4.69) is 10.1 Å². The molecule has 0 aromatic carbocycles. The third-order valence-electron chi connectivity index (χ3n) is 4.91. The minimum absolute atomic E-state index is 0.213. The van der Waals surface area contributed by atoms with Crippen LogP contribution in [0.5, 0.6) is 0 Å². The van der Waals surface area contributed by atoms with Crippen molar-refractivity contribution in [2.24, 2.45) is 5.14 Å². The number of hydrogen-bond donors (Lipinski definition) is 2. The lowest BCUT2D eigenvalue weighted by Crippen LogP contribution is -2.53. The number of aryl methyl sites for hydroxylation is 1. The number of nitrogens with two attached hydrogens (primary N) is 1. The Bertz CT molecular complexity index is 991. The van der Waals surface area contributed by atoms with Crippen molar-refractivity contribution in [3.63, 3.8) is 0 Å². The molecule has 3 heterocycles. The first-order valence-corrected chi connectivity index (χ1v) is 10.6.